The van der Waals surface area contributed by atoms with Crippen molar-refractivity contribution in [1.82, 2.24) is 10.2 Å². The van der Waals surface area contributed by atoms with Gasteiger partial charge in [0.05, 0.1) is 6.10 Å². The molecule has 0 aromatic rings. The minimum atomic E-state index is -0.289. The van der Waals surface area contributed by atoms with E-state index in [0.717, 1.165) is 0 Å². The highest BCUT2D eigenvalue weighted by atomic mass is 16.5. The Balaban J connectivity index is 0. The van der Waals surface area contributed by atoms with E-state index in [-0.39, 0.29) is 12.3 Å². The number of nitrogens with zero attached hydrogens (tertiary/aromatic N) is 1. The Morgan fingerprint density at radius 3 is 2.07 bits per heavy atom. The summed E-state index contributed by atoms with van der Waals surface area (Å²) < 4.78 is 5.32. The number of aliphatic hydroxyl groups is 1. The van der Waals surface area contributed by atoms with Crippen molar-refractivity contribution in [3.63, 3.8) is 0 Å². The van der Waals surface area contributed by atoms with Crippen LogP contribution in [0.15, 0.2) is 0 Å². The summed E-state index contributed by atoms with van der Waals surface area (Å²) in [6, 6.07) is 0. The van der Waals surface area contributed by atoms with Crippen molar-refractivity contribution in [3.8, 4) is 0 Å². The first-order chi connectivity index (χ1) is 6.49. The minimum absolute atomic E-state index is 0.0922. The fourth-order valence-corrected chi connectivity index (χ4v) is 0.934. The molecule has 0 spiro atoms. The van der Waals surface area contributed by atoms with Gasteiger partial charge in [0.1, 0.15) is 6.23 Å². The topological polar surface area (TPSA) is 44.7 Å². The van der Waals surface area contributed by atoms with Gasteiger partial charge in [-0.05, 0) is 41.9 Å². The Morgan fingerprint density at radius 2 is 1.79 bits per heavy atom. The molecule has 0 aliphatic heterocycles. The highest BCUT2D eigenvalue weighted by Gasteiger charge is 2.09. The number of ether oxygens (including phenoxy) is 1. The van der Waals surface area contributed by atoms with Crippen LogP contribution in [0.5, 0.6) is 0 Å². The average molecular weight is 206 g/mol. The summed E-state index contributed by atoms with van der Waals surface area (Å²) in [4.78, 5) is 1.98. The Labute approximate surface area is 88.2 Å². The molecule has 0 bridgehead atoms. The van der Waals surface area contributed by atoms with Crippen LogP contribution in [0.25, 0.3) is 0 Å². The molecule has 2 atom stereocenters. The molecule has 0 radical (unpaired) electrons. The molecule has 0 aliphatic carbocycles. The van der Waals surface area contributed by atoms with E-state index >= 15 is 0 Å². The second-order valence-corrected chi connectivity index (χ2v) is 3.34. The molecule has 0 aliphatic rings. The summed E-state index contributed by atoms with van der Waals surface area (Å²) in [5, 5.41) is 11.8. The van der Waals surface area contributed by atoms with E-state index in [9.17, 15) is 0 Å². The van der Waals surface area contributed by atoms with Gasteiger partial charge in [-0.2, -0.15) is 0 Å². The molecule has 0 heterocycles. The Hall–Kier alpha value is -0.160. The molecule has 0 fully saturated rings. The van der Waals surface area contributed by atoms with Crippen LogP contribution in [0.2, 0.25) is 0 Å². The number of nitrogens with one attached hydrogen (secondary N) is 1. The Bertz CT molecular complexity index is 110. The van der Waals surface area contributed by atoms with Gasteiger partial charge in [0.25, 0.3) is 0 Å². The summed E-state index contributed by atoms with van der Waals surface area (Å²) in [6.45, 7) is 7.08. The van der Waals surface area contributed by atoms with Crippen molar-refractivity contribution < 1.29 is 9.84 Å². The van der Waals surface area contributed by atoms with Gasteiger partial charge in [0.2, 0.25) is 0 Å². The van der Waals surface area contributed by atoms with Gasteiger partial charge in [-0.15, -0.1) is 0 Å². The van der Waals surface area contributed by atoms with Gasteiger partial charge < -0.3 is 15.2 Å². The number of rotatable bonds is 5. The van der Waals surface area contributed by atoms with Crippen LogP contribution in [0.4, 0.5) is 0 Å². The van der Waals surface area contributed by atoms with Crippen molar-refractivity contribution in [1.29, 1.82) is 0 Å². The van der Waals surface area contributed by atoms with Gasteiger partial charge in [0.15, 0.2) is 0 Å². The lowest BCUT2D eigenvalue weighted by molar-refractivity contribution is -0.0429. The molecule has 0 amide bonds. The number of aliphatic hydroxyl groups excluding tert-OH is 1. The zero-order valence-corrected chi connectivity index (χ0v) is 10.4. The van der Waals surface area contributed by atoms with Crippen LogP contribution in [-0.2, 0) is 4.74 Å². The normalized spacial score (nSPS) is 14.6. The molecular formula is C10H26N2O2. The molecule has 4 nitrogen and oxygen atoms in total. The average Bonchev–Trinajstić information content (AvgIpc) is 2.04. The van der Waals surface area contributed by atoms with Crippen LogP contribution in [-0.4, -0.2) is 56.6 Å². The first-order valence-corrected chi connectivity index (χ1v) is 5.07. The van der Waals surface area contributed by atoms with E-state index in [1.54, 1.807) is 6.92 Å². The summed E-state index contributed by atoms with van der Waals surface area (Å²) >= 11 is 0. The van der Waals surface area contributed by atoms with Crippen LogP contribution < -0.4 is 5.32 Å². The second kappa shape index (κ2) is 10.9. The first-order valence-electron chi connectivity index (χ1n) is 5.07. The van der Waals surface area contributed by atoms with Crippen LogP contribution in [0.1, 0.15) is 20.8 Å². The highest BCUT2D eigenvalue weighted by Crippen LogP contribution is 1.98. The molecule has 2 unspecified atom stereocenters. The zero-order valence-electron chi connectivity index (χ0n) is 10.4. The summed E-state index contributed by atoms with van der Waals surface area (Å²) in [5.41, 5.74) is 0. The van der Waals surface area contributed by atoms with Gasteiger partial charge in [-0.25, -0.2) is 0 Å². The Morgan fingerprint density at radius 1 is 1.36 bits per heavy atom. The van der Waals surface area contributed by atoms with E-state index < -0.39 is 0 Å². The van der Waals surface area contributed by atoms with Crippen molar-refractivity contribution in [3.05, 3.63) is 0 Å². The lowest BCUT2D eigenvalue weighted by atomic mass is 10.3. The maximum atomic E-state index is 9.04. The number of hydrogen-bond acceptors (Lipinski definition) is 4. The zero-order chi connectivity index (χ0) is 11.6. The van der Waals surface area contributed by atoms with E-state index in [2.05, 4.69) is 5.32 Å². The standard InChI is InChI=1S/C8H19NO2.C2H7N/c1-5-11-8(3)9(4)6-7(2)10;1-3-2/h7-8,10H,5-6H2,1-4H3;3H,1-2H3. The molecule has 0 saturated heterocycles. The molecule has 14 heavy (non-hydrogen) atoms. The second-order valence-electron chi connectivity index (χ2n) is 3.34. The monoisotopic (exact) mass is 206 g/mol. The van der Waals surface area contributed by atoms with Crippen LogP contribution in [0, 0.1) is 0 Å². The molecule has 0 saturated carbocycles. The maximum Gasteiger partial charge on any atom is 0.107 e. The van der Waals surface area contributed by atoms with E-state index in [4.69, 9.17) is 9.84 Å². The van der Waals surface area contributed by atoms with Crippen molar-refractivity contribution in [2.45, 2.75) is 33.1 Å². The van der Waals surface area contributed by atoms with Crippen molar-refractivity contribution in [2.75, 3.05) is 34.3 Å². The molecular weight excluding hydrogens is 180 g/mol. The van der Waals surface area contributed by atoms with Crippen LogP contribution in [0.3, 0.4) is 0 Å². The maximum absolute atomic E-state index is 9.04. The molecule has 4 heteroatoms. The first kappa shape index (κ1) is 16.3. The Kier molecular flexibility index (Phi) is 12.7. The van der Waals surface area contributed by atoms with E-state index in [1.807, 2.05) is 39.9 Å². The van der Waals surface area contributed by atoms with Gasteiger partial charge in [0, 0.05) is 13.2 Å². The van der Waals surface area contributed by atoms with Crippen molar-refractivity contribution in [2.24, 2.45) is 0 Å². The van der Waals surface area contributed by atoms with E-state index in [1.165, 1.54) is 0 Å². The summed E-state index contributed by atoms with van der Waals surface area (Å²) in [5.74, 6) is 0. The third-order valence-corrected chi connectivity index (χ3v) is 1.58. The molecule has 0 rings (SSSR count). The fourth-order valence-electron chi connectivity index (χ4n) is 0.934. The third-order valence-electron chi connectivity index (χ3n) is 1.58. The van der Waals surface area contributed by atoms with E-state index in [0.29, 0.717) is 13.2 Å². The predicted octanol–water partition coefficient (Wildman–Crippen LogP) is 0.517. The van der Waals surface area contributed by atoms with Gasteiger partial charge >= 0.3 is 0 Å². The fraction of sp³-hybridized carbons (Fsp3) is 1.00. The quantitative estimate of drug-likeness (QED) is 0.644. The minimum Gasteiger partial charge on any atom is -0.392 e. The van der Waals surface area contributed by atoms with Crippen LogP contribution >= 0.6 is 0 Å². The predicted molar refractivity (Wildman–Crippen MR) is 60.4 cm³/mol. The molecule has 0 aromatic heterocycles. The molecule has 0 aromatic carbocycles. The highest BCUT2D eigenvalue weighted by molar-refractivity contribution is 4.57. The summed E-state index contributed by atoms with van der Waals surface area (Å²) in [7, 11) is 5.69. The lowest BCUT2D eigenvalue weighted by Crippen LogP contribution is -2.36. The van der Waals surface area contributed by atoms with Gasteiger partial charge in [-0.3, -0.25) is 4.90 Å². The largest absolute Gasteiger partial charge is 0.392 e. The third kappa shape index (κ3) is 11.8. The smallest absolute Gasteiger partial charge is 0.107 e. The van der Waals surface area contributed by atoms with Crippen molar-refractivity contribution >= 4 is 0 Å². The molecule has 2 N–H and O–H groups in total. The SMILES string of the molecule is CCOC(C)N(C)CC(C)O.CNC. The number of hydrogen-bond donors (Lipinski definition) is 2. The lowest BCUT2D eigenvalue weighted by Gasteiger charge is -2.25. The van der Waals surface area contributed by atoms with Gasteiger partial charge in [-0.1, -0.05) is 0 Å². The number of likely N-dealkylation sites (N-methyl/N-ethyl adjacent to an activating group) is 1. The molecule has 88 valence electrons. The summed E-state index contributed by atoms with van der Waals surface area (Å²) in [6.07, 6.45) is -0.197.